The monoisotopic (exact) mass is 204 g/mol. The number of rotatable bonds is 1. The second-order valence-corrected chi connectivity index (χ2v) is 3.92. The molecule has 2 nitrogen and oxygen atoms in total. The molecule has 0 amide bonds. The van der Waals surface area contributed by atoms with Crippen LogP contribution >= 0.6 is 0 Å². The van der Waals surface area contributed by atoms with Crippen LogP contribution in [0.1, 0.15) is 24.4 Å². The van der Waals surface area contributed by atoms with Gasteiger partial charge in [0.25, 0.3) is 0 Å². The Kier molecular flexibility index (Phi) is 2.98. The molecule has 2 rings (SSSR count). The van der Waals surface area contributed by atoms with E-state index in [4.69, 9.17) is 5.26 Å². The van der Waals surface area contributed by atoms with E-state index in [1.807, 2.05) is 0 Å². The van der Waals surface area contributed by atoms with Gasteiger partial charge < -0.3 is 5.32 Å². The maximum absolute atomic E-state index is 12.7. The lowest BCUT2D eigenvalue weighted by Gasteiger charge is -2.26. The summed E-state index contributed by atoms with van der Waals surface area (Å²) >= 11 is 0. The highest BCUT2D eigenvalue weighted by Gasteiger charge is 2.20. The van der Waals surface area contributed by atoms with Gasteiger partial charge in [-0.25, -0.2) is 4.39 Å². The Morgan fingerprint density at radius 3 is 2.53 bits per heavy atom. The van der Waals surface area contributed by atoms with Gasteiger partial charge in [0.05, 0.1) is 12.0 Å². The predicted molar refractivity (Wildman–Crippen MR) is 55.5 cm³/mol. The molecule has 0 spiro atoms. The van der Waals surface area contributed by atoms with E-state index >= 15 is 0 Å². The Hall–Kier alpha value is -1.40. The van der Waals surface area contributed by atoms with Crippen molar-refractivity contribution >= 4 is 0 Å². The van der Waals surface area contributed by atoms with Crippen LogP contribution in [0, 0.1) is 23.1 Å². The molecule has 1 aliphatic rings. The smallest absolute Gasteiger partial charge is 0.123 e. The minimum absolute atomic E-state index is 0.127. The maximum Gasteiger partial charge on any atom is 0.123 e. The van der Waals surface area contributed by atoms with Crippen molar-refractivity contribution in [2.24, 2.45) is 5.92 Å². The van der Waals surface area contributed by atoms with E-state index in [9.17, 15) is 4.39 Å². The first kappa shape index (κ1) is 10.1. The van der Waals surface area contributed by atoms with Crippen molar-refractivity contribution in [3.8, 4) is 6.07 Å². The first-order chi connectivity index (χ1) is 7.29. The number of piperidine rings is 1. The molecule has 1 aliphatic heterocycles. The Bertz CT molecular complexity index is 358. The van der Waals surface area contributed by atoms with Crippen LogP contribution in [0.2, 0.25) is 0 Å². The number of nitrogens with zero attached hydrogens (tertiary/aromatic N) is 1. The molecule has 0 radical (unpaired) electrons. The van der Waals surface area contributed by atoms with Crippen molar-refractivity contribution < 1.29 is 4.39 Å². The average Bonchev–Trinajstić information content (AvgIpc) is 2.30. The van der Waals surface area contributed by atoms with Gasteiger partial charge in [-0.2, -0.15) is 5.26 Å². The van der Waals surface area contributed by atoms with Gasteiger partial charge in [0.1, 0.15) is 5.82 Å². The number of nitriles is 1. The SMILES string of the molecule is N#CC1CCC(c2ccc(F)cc2)NC1. The van der Waals surface area contributed by atoms with Gasteiger partial charge in [0.15, 0.2) is 0 Å². The summed E-state index contributed by atoms with van der Waals surface area (Å²) in [5, 5.41) is 12.1. The summed E-state index contributed by atoms with van der Waals surface area (Å²) in [7, 11) is 0. The summed E-state index contributed by atoms with van der Waals surface area (Å²) in [6.07, 6.45) is 1.87. The van der Waals surface area contributed by atoms with Crippen molar-refractivity contribution in [2.45, 2.75) is 18.9 Å². The molecule has 1 aromatic rings. The molecule has 1 aromatic carbocycles. The van der Waals surface area contributed by atoms with E-state index in [0.717, 1.165) is 24.9 Å². The Morgan fingerprint density at radius 1 is 1.27 bits per heavy atom. The molecule has 0 saturated carbocycles. The zero-order valence-corrected chi connectivity index (χ0v) is 8.41. The standard InChI is InChI=1S/C12H13FN2/c13-11-4-2-10(3-5-11)12-6-1-9(7-14)8-15-12/h2-5,9,12,15H,1,6,8H2. The Balaban J connectivity index is 2.02. The first-order valence-corrected chi connectivity index (χ1v) is 5.18. The number of hydrogen-bond acceptors (Lipinski definition) is 2. The maximum atomic E-state index is 12.7. The van der Waals surface area contributed by atoms with Crippen LogP contribution in [0.5, 0.6) is 0 Å². The van der Waals surface area contributed by atoms with Gasteiger partial charge in [-0.15, -0.1) is 0 Å². The average molecular weight is 204 g/mol. The van der Waals surface area contributed by atoms with Crippen LogP contribution in [0.3, 0.4) is 0 Å². The minimum Gasteiger partial charge on any atom is -0.309 e. The molecular formula is C12H13FN2. The van der Waals surface area contributed by atoms with Gasteiger partial charge in [-0.3, -0.25) is 0 Å². The molecule has 15 heavy (non-hydrogen) atoms. The molecule has 1 N–H and O–H groups in total. The zero-order chi connectivity index (χ0) is 10.7. The van der Waals surface area contributed by atoms with Crippen LogP contribution in [0.4, 0.5) is 4.39 Å². The number of benzene rings is 1. The summed E-state index contributed by atoms with van der Waals surface area (Å²) in [6.45, 7) is 0.735. The lowest BCUT2D eigenvalue weighted by atomic mass is 9.92. The van der Waals surface area contributed by atoms with E-state index in [2.05, 4.69) is 11.4 Å². The molecule has 1 fully saturated rings. The summed E-state index contributed by atoms with van der Waals surface area (Å²) in [5.41, 5.74) is 1.10. The molecule has 0 aromatic heterocycles. The number of hydrogen-bond donors (Lipinski definition) is 1. The van der Waals surface area contributed by atoms with Crippen LogP contribution in [0.25, 0.3) is 0 Å². The summed E-state index contributed by atoms with van der Waals surface area (Å²) in [5.74, 6) is -0.0776. The van der Waals surface area contributed by atoms with E-state index in [0.29, 0.717) is 0 Å². The molecule has 1 heterocycles. The van der Waals surface area contributed by atoms with E-state index < -0.39 is 0 Å². The zero-order valence-electron chi connectivity index (χ0n) is 8.41. The fraction of sp³-hybridized carbons (Fsp3) is 0.417. The summed E-state index contributed by atoms with van der Waals surface area (Å²) in [4.78, 5) is 0. The number of nitrogens with one attached hydrogen (secondary N) is 1. The molecule has 3 heteroatoms. The fourth-order valence-corrected chi connectivity index (χ4v) is 1.95. The lowest BCUT2D eigenvalue weighted by molar-refractivity contribution is 0.361. The van der Waals surface area contributed by atoms with Crippen molar-refractivity contribution in [2.75, 3.05) is 6.54 Å². The molecule has 0 aliphatic carbocycles. The van der Waals surface area contributed by atoms with Crippen molar-refractivity contribution in [3.63, 3.8) is 0 Å². The third kappa shape index (κ3) is 2.34. The second kappa shape index (κ2) is 4.41. The fourth-order valence-electron chi connectivity index (χ4n) is 1.95. The van der Waals surface area contributed by atoms with Crippen LogP contribution < -0.4 is 5.32 Å². The third-order valence-corrected chi connectivity index (χ3v) is 2.87. The van der Waals surface area contributed by atoms with Gasteiger partial charge >= 0.3 is 0 Å². The largest absolute Gasteiger partial charge is 0.309 e. The highest BCUT2D eigenvalue weighted by molar-refractivity contribution is 5.20. The first-order valence-electron chi connectivity index (χ1n) is 5.18. The number of halogens is 1. The molecule has 2 atom stereocenters. The van der Waals surface area contributed by atoms with Crippen molar-refractivity contribution in [1.29, 1.82) is 5.26 Å². The van der Waals surface area contributed by atoms with Gasteiger partial charge in [-0.1, -0.05) is 12.1 Å². The Morgan fingerprint density at radius 2 is 2.00 bits per heavy atom. The van der Waals surface area contributed by atoms with E-state index in [1.54, 1.807) is 12.1 Å². The molecule has 78 valence electrons. The summed E-state index contributed by atoms with van der Waals surface area (Å²) in [6, 6.07) is 9.11. The van der Waals surface area contributed by atoms with Gasteiger partial charge in [0.2, 0.25) is 0 Å². The van der Waals surface area contributed by atoms with Gasteiger partial charge in [-0.05, 0) is 30.5 Å². The molecule has 2 unspecified atom stereocenters. The minimum atomic E-state index is -0.204. The van der Waals surface area contributed by atoms with E-state index in [1.165, 1.54) is 12.1 Å². The Labute approximate surface area is 88.7 Å². The van der Waals surface area contributed by atoms with E-state index in [-0.39, 0.29) is 17.8 Å². The van der Waals surface area contributed by atoms with Gasteiger partial charge in [0, 0.05) is 12.6 Å². The molecule has 0 bridgehead atoms. The third-order valence-electron chi connectivity index (χ3n) is 2.87. The highest BCUT2D eigenvalue weighted by Crippen LogP contribution is 2.25. The normalized spacial score (nSPS) is 25.9. The predicted octanol–water partition coefficient (Wildman–Crippen LogP) is 2.39. The lowest BCUT2D eigenvalue weighted by Crippen LogP contribution is -2.32. The van der Waals surface area contributed by atoms with Crippen LogP contribution in [-0.4, -0.2) is 6.54 Å². The topological polar surface area (TPSA) is 35.8 Å². The van der Waals surface area contributed by atoms with Crippen molar-refractivity contribution in [1.82, 2.24) is 5.32 Å². The van der Waals surface area contributed by atoms with Crippen LogP contribution in [-0.2, 0) is 0 Å². The highest BCUT2D eigenvalue weighted by atomic mass is 19.1. The van der Waals surface area contributed by atoms with Crippen molar-refractivity contribution in [3.05, 3.63) is 35.6 Å². The van der Waals surface area contributed by atoms with Crippen LogP contribution in [0.15, 0.2) is 24.3 Å². The second-order valence-electron chi connectivity index (χ2n) is 3.92. The molecule has 1 saturated heterocycles. The quantitative estimate of drug-likeness (QED) is 0.762. The molecular weight excluding hydrogens is 191 g/mol. The summed E-state index contributed by atoms with van der Waals surface area (Å²) < 4.78 is 12.7.